The van der Waals surface area contributed by atoms with Gasteiger partial charge in [-0.25, -0.2) is 19.7 Å². The quantitative estimate of drug-likeness (QED) is 0.690. The molecular formula is C16H12Cl2N8O. The molecule has 0 saturated carbocycles. The first kappa shape index (κ1) is 18.6. The molecule has 1 aromatic carbocycles. The molecule has 2 amide bonds. The van der Waals surface area contributed by atoms with E-state index in [2.05, 4.69) is 30.7 Å². The lowest BCUT2D eigenvalue weighted by Crippen LogP contribution is -2.33. The Morgan fingerprint density at radius 2 is 2.00 bits per heavy atom. The number of aromatic nitrogens is 5. The fraction of sp³-hybridized carbons (Fsp3) is 0.125. The number of anilines is 1. The second kappa shape index (κ2) is 7.99. The van der Waals surface area contributed by atoms with Crippen molar-refractivity contribution in [3.63, 3.8) is 0 Å². The summed E-state index contributed by atoms with van der Waals surface area (Å²) in [5.74, 6) is 0.765. The van der Waals surface area contributed by atoms with Gasteiger partial charge in [-0.05, 0) is 25.1 Å². The summed E-state index contributed by atoms with van der Waals surface area (Å²) in [4.78, 5) is 24.7. The molecule has 0 fully saturated rings. The Morgan fingerprint density at radius 1 is 1.26 bits per heavy atom. The van der Waals surface area contributed by atoms with Gasteiger partial charge in [0.15, 0.2) is 5.82 Å². The zero-order chi connectivity index (χ0) is 19.4. The van der Waals surface area contributed by atoms with Crippen LogP contribution < -0.4 is 10.6 Å². The normalized spacial score (nSPS) is 11.5. The van der Waals surface area contributed by atoms with Crippen LogP contribution in [-0.2, 0) is 0 Å². The minimum atomic E-state index is -0.555. The highest BCUT2D eigenvalue weighted by Crippen LogP contribution is 2.30. The van der Waals surface area contributed by atoms with Crippen molar-refractivity contribution in [3.05, 3.63) is 58.4 Å². The van der Waals surface area contributed by atoms with Crippen LogP contribution in [0.3, 0.4) is 0 Å². The molecule has 0 saturated heterocycles. The molecule has 1 atom stereocenters. The molecule has 0 spiro atoms. The molecule has 9 nitrogen and oxygen atoms in total. The smallest absolute Gasteiger partial charge is 0.319 e. The Labute approximate surface area is 164 Å². The third-order valence-electron chi connectivity index (χ3n) is 3.51. The number of urea groups is 1. The highest BCUT2D eigenvalue weighted by molar-refractivity contribution is 6.43. The van der Waals surface area contributed by atoms with Crippen molar-refractivity contribution in [2.75, 3.05) is 5.32 Å². The van der Waals surface area contributed by atoms with E-state index in [1.165, 1.54) is 23.1 Å². The number of carbonyl (C=O) groups is 1. The van der Waals surface area contributed by atoms with Crippen LogP contribution in [0.15, 0.2) is 36.9 Å². The van der Waals surface area contributed by atoms with Crippen molar-refractivity contribution >= 4 is 34.9 Å². The minimum absolute atomic E-state index is 0.0750. The van der Waals surface area contributed by atoms with Crippen LogP contribution in [0, 0.1) is 11.3 Å². The van der Waals surface area contributed by atoms with Crippen LogP contribution in [-0.4, -0.2) is 30.8 Å². The van der Waals surface area contributed by atoms with E-state index in [1.54, 1.807) is 25.4 Å². The summed E-state index contributed by atoms with van der Waals surface area (Å²) in [5.41, 5.74) is 0.317. The fourth-order valence-corrected chi connectivity index (χ4v) is 2.65. The van der Waals surface area contributed by atoms with Crippen LogP contribution in [0.25, 0.3) is 5.95 Å². The first-order valence-corrected chi connectivity index (χ1v) is 8.39. The number of hydrogen-bond donors (Lipinski definition) is 2. The molecule has 2 aromatic heterocycles. The number of halogens is 2. The van der Waals surface area contributed by atoms with Crippen LogP contribution in [0.5, 0.6) is 0 Å². The van der Waals surface area contributed by atoms with E-state index in [0.29, 0.717) is 11.8 Å². The molecule has 0 unspecified atom stereocenters. The van der Waals surface area contributed by atoms with Gasteiger partial charge >= 0.3 is 6.03 Å². The van der Waals surface area contributed by atoms with Gasteiger partial charge < -0.3 is 10.6 Å². The molecule has 0 aliphatic rings. The minimum Gasteiger partial charge on any atom is -0.328 e. The van der Waals surface area contributed by atoms with Crippen molar-refractivity contribution in [1.82, 2.24) is 30.0 Å². The maximum atomic E-state index is 12.3. The highest BCUT2D eigenvalue weighted by Gasteiger charge is 2.19. The SMILES string of the molecule is C[C@H](NC(=O)Nc1ccc(Cl)c(Cl)c1C#N)c1ncnn1-c1ncccn1. The summed E-state index contributed by atoms with van der Waals surface area (Å²) in [6.07, 6.45) is 4.49. The van der Waals surface area contributed by atoms with Gasteiger partial charge in [-0.3, -0.25) is 0 Å². The standard InChI is InChI=1S/C16H12Cl2N8O/c1-9(14-22-8-23-26(14)15-20-5-2-6-21-15)24-16(27)25-12-4-3-11(17)13(18)10(12)7-19/h2-6,8-9H,1H3,(H2,24,25,27)/t9-/m0/s1. The zero-order valence-electron chi connectivity index (χ0n) is 13.9. The summed E-state index contributed by atoms with van der Waals surface area (Å²) >= 11 is 11.9. The summed E-state index contributed by atoms with van der Waals surface area (Å²) in [6.45, 7) is 1.73. The number of hydrogen-bond acceptors (Lipinski definition) is 6. The number of nitriles is 1. The second-order valence-corrected chi connectivity index (χ2v) is 6.08. The molecule has 27 heavy (non-hydrogen) atoms. The lowest BCUT2D eigenvalue weighted by Gasteiger charge is -2.15. The second-order valence-electron chi connectivity index (χ2n) is 5.29. The number of amides is 2. The number of nitrogens with zero attached hydrogens (tertiary/aromatic N) is 6. The van der Waals surface area contributed by atoms with E-state index in [0.717, 1.165) is 0 Å². The molecular weight excluding hydrogens is 391 g/mol. The molecule has 0 aliphatic heterocycles. The molecule has 3 aromatic rings. The topological polar surface area (TPSA) is 121 Å². The molecule has 11 heteroatoms. The van der Waals surface area contributed by atoms with Crippen LogP contribution in [0.1, 0.15) is 24.4 Å². The highest BCUT2D eigenvalue weighted by atomic mass is 35.5. The largest absolute Gasteiger partial charge is 0.328 e. The number of rotatable bonds is 4. The molecule has 136 valence electrons. The lowest BCUT2D eigenvalue weighted by molar-refractivity contribution is 0.248. The van der Waals surface area contributed by atoms with Gasteiger partial charge in [0.05, 0.1) is 27.3 Å². The Hall–Kier alpha value is -3.22. The predicted molar refractivity (Wildman–Crippen MR) is 98.7 cm³/mol. The first-order valence-electron chi connectivity index (χ1n) is 7.64. The monoisotopic (exact) mass is 402 g/mol. The zero-order valence-corrected chi connectivity index (χ0v) is 15.4. The van der Waals surface area contributed by atoms with E-state index in [1.807, 2.05) is 6.07 Å². The van der Waals surface area contributed by atoms with Gasteiger partial charge in [0, 0.05) is 12.4 Å². The third kappa shape index (κ3) is 3.97. The Morgan fingerprint density at radius 3 is 2.70 bits per heavy atom. The van der Waals surface area contributed by atoms with Crippen molar-refractivity contribution in [2.24, 2.45) is 0 Å². The summed E-state index contributed by atoms with van der Waals surface area (Å²) in [5, 5.41) is 18.9. The third-order valence-corrected chi connectivity index (χ3v) is 4.31. The maximum Gasteiger partial charge on any atom is 0.319 e. The first-order chi connectivity index (χ1) is 13.0. The number of nitrogens with one attached hydrogen (secondary N) is 2. The van der Waals surface area contributed by atoms with Crippen LogP contribution in [0.4, 0.5) is 10.5 Å². The van der Waals surface area contributed by atoms with Gasteiger partial charge in [-0.1, -0.05) is 23.2 Å². The summed E-state index contributed by atoms with van der Waals surface area (Å²) in [7, 11) is 0. The van der Waals surface area contributed by atoms with Gasteiger partial charge in [0.1, 0.15) is 12.4 Å². The van der Waals surface area contributed by atoms with Crippen LogP contribution >= 0.6 is 23.2 Å². The van der Waals surface area contributed by atoms with Gasteiger partial charge in [0.25, 0.3) is 5.95 Å². The van der Waals surface area contributed by atoms with Crippen LogP contribution in [0.2, 0.25) is 10.0 Å². The van der Waals surface area contributed by atoms with E-state index in [4.69, 9.17) is 23.2 Å². The van der Waals surface area contributed by atoms with Crippen molar-refractivity contribution in [2.45, 2.75) is 13.0 Å². The molecule has 3 rings (SSSR count). The summed E-state index contributed by atoms with van der Waals surface area (Å²) < 4.78 is 1.42. The average Bonchev–Trinajstić information content (AvgIpc) is 3.16. The predicted octanol–water partition coefficient (Wildman–Crippen LogP) is 3.12. The van der Waals surface area contributed by atoms with Crippen molar-refractivity contribution < 1.29 is 4.79 Å². The Balaban J connectivity index is 1.76. The Kier molecular flexibility index (Phi) is 5.49. The Bertz CT molecular complexity index is 1020. The van der Waals surface area contributed by atoms with E-state index >= 15 is 0 Å². The van der Waals surface area contributed by atoms with Gasteiger partial charge in [-0.2, -0.15) is 15.0 Å². The van der Waals surface area contributed by atoms with E-state index in [9.17, 15) is 10.1 Å². The molecule has 2 heterocycles. The fourth-order valence-electron chi connectivity index (χ4n) is 2.28. The van der Waals surface area contributed by atoms with Gasteiger partial charge in [0.2, 0.25) is 0 Å². The lowest BCUT2D eigenvalue weighted by atomic mass is 10.2. The molecule has 0 aliphatic carbocycles. The van der Waals surface area contributed by atoms with E-state index < -0.39 is 12.1 Å². The summed E-state index contributed by atoms with van der Waals surface area (Å²) in [6, 6.07) is 5.51. The maximum absolute atomic E-state index is 12.3. The van der Waals surface area contributed by atoms with Crippen molar-refractivity contribution in [1.29, 1.82) is 5.26 Å². The average molecular weight is 403 g/mol. The van der Waals surface area contributed by atoms with Crippen molar-refractivity contribution in [3.8, 4) is 12.0 Å². The molecule has 0 radical (unpaired) electrons. The van der Waals surface area contributed by atoms with E-state index in [-0.39, 0.29) is 21.3 Å². The number of carbonyl (C=O) groups excluding carboxylic acids is 1. The number of benzene rings is 1. The van der Waals surface area contributed by atoms with Gasteiger partial charge in [-0.15, -0.1) is 0 Å². The molecule has 2 N–H and O–H groups in total. The molecule has 0 bridgehead atoms.